The van der Waals surface area contributed by atoms with Crippen LogP contribution in [-0.4, -0.2) is 29.4 Å². The molecule has 0 saturated carbocycles. The number of benzene rings is 2. The maximum absolute atomic E-state index is 12.8. The van der Waals surface area contributed by atoms with Gasteiger partial charge in [0.1, 0.15) is 11.8 Å². The van der Waals surface area contributed by atoms with Gasteiger partial charge in [-0.25, -0.2) is 0 Å². The van der Waals surface area contributed by atoms with Crippen LogP contribution in [0.4, 0.5) is 30.2 Å². The van der Waals surface area contributed by atoms with Crippen LogP contribution in [0.15, 0.2) is 42.5 Å². The highest BCUT2D eigenvalue weighted by Crippen LogP contribution is 2.34. The maximum atomic E-state index is 12.8. The molecule has 2 aromatic carbocycles. The summed E-state index contributed by atoms with van der Waals surface area (Å²) in [5, 5.41) is 13.7. The third kappa shape index (κ3) is 5.48. The highest BCUT2D eigenvalue weighted by molar-refractivity contribution is 5.98. The summed E-state index contributed by atoms with van der Waals surface area (Å²) in [6, 6.07) is 7.77. The Kier molecular flexibility index (Phi) is 6.39. The average Bonchev–Trinajstić information content (AvgIpc) is 3.26. The molecule has 0 aromatic heterocycles. The van der Waals surface area contributed by atoms with Crippen molar-refractivity contribution in [3.05, 3.63) is 63.7 Å². The topological polar surface area (TPSA) is 123 Å². The van der Waals surface area contributed by atoms with E-state index in [1.807, 2.05) is 0 Å². The fourth-order valence-electron chi connectivity index (χ4n) is 2.91. The molecular formula is C19H17F3N4O5. The predicted molar refractivity (Wildman–Crippen MR) is 103 cm³/mol. The Morgan fingerprint density at radius 1 is 1.16 bits per heavy atom. The molecule has 2 amide bonds. The molecule has 1 saturated heterocycles. The van der Waals surface area contributed by atoms with Crippen molar-refractivity contribution in [2.75, 3.05) is 17.3 Å². The van der Waals surface area contributed by atoms with Crippen molar-refractivity contribution < 1.29 is 32.4 Å². The quantitative estimate of drug-likeness (QED) is 0.469. The predicted octanol–water partition coefficient (Wildman–Crippen LogP) is 3.49. The average molecular weight is 438 g/mol. The molecule has 1 fully saturated rings. The second kappa shape index (κ2) is 9.00. The fraction of sp³-hybridized carbons (Fsp3) is 0.263. The van der Waals surface area contributed by atoms with Crippen LogP contribution in [0.1, 0.15) is 28.8 Å². The van der Waals surface area contributed by atoms with Gasteiger partial charge in [0, 0.05) is 23.9 Å². The van der Waals surface area contributed by atoms with E-state index in [9.17, 15) is 32.9 Å². The van der Waals surface area contributed by atoms with Crippen molar-refractivity contribution in [3.63, 3.8) is 0 Å². The summed E-state index contributed by atoms with van der Waals surface area (Å²) in [4.78, 5) is 34.6. The van der Waals surface area contributed by atoms with Crippen molar-refractivity contribution in [1.82, 2.24) is 5.43 Å². The minimum atomic E-state index is -4.75. The number of halogens is 3. The summed E-state index contributed by atoms with van der Waals surface area (Å²) in [6.45, 7) is 0.502. The lowest BCUT2D eigenvalue weighted by Gasteiger charge is -2.13. The molecule has 1 atom stereocenters. The Morgan fingerprint density at radius 3 is 2.58 bits per heavy atom. The lowest BCUT2D eigenvalue weighted by Crippen LogP contribution is -2.30. The van der Waals surface area contributed by atoms with Gasteiger partial charge in [-0.3, -0.25) is 30.6 Å². The van der Waals surface area contributed by atoms with E-state index in [2.05, 4.69) is 16.2 Å². The summed E-state index contributed by atoms with van der Waals surface area (Å²) in [5.74, 6) is -1.06. The Morgan fingerprint density at radius 2 is 1.94 bits per heavy atom. The van der Waals surface area contributed by atoms with E-state index in [4.69, 9.17) is 4.74 Å². The van der Waals surface area contributed by atoms with E-state index in [0.29, 0.717) is 30.8 Å². The number of hydrazine groups is 1. The number of carbonyl (C=O) groups is 2. The number of nitrogens with zero attached hydrogens (tertiary/aromatic N) is 1. The normalized spacial score (nSPS) is 15.9. The van der Waals surface area contributed by atoms with E-state index in [0.717, 1.165) is 12.5 Å². The summed E-state index contributed by atoms with van der Waals surface area (Å²) in [5.41, 5.74) is 2.53. The number of ether oxygens (including phenoxy) is 1. The summed E-state index contributed by atoms with van der Waals surface area (Å²) in [7, 11) is 0. The number of hydrogen-bond donors (Lipinski definition) is 3. The summed E-state index contributed by atoms with van der Waals surface area (Å²) in [6.07, 6.45) is -3.93. The second-order valence-corrected chi connectivity index (χ2v) is 6.64. The lowest BCUT2D eigenvalue weighted by molar-refractivity contribution is -0.384. The van der Waals surface area contributed by atoms with Gasteiger partial charge in [0.05, 0.1) is 10.5 Å². The zero-order valence-electron chi connectivity index (χ0n) is 15.9. The van der Waals surface area contributed by atoms with Gasteiger partial charge < -0.3 is 10.1 Å². The number of nitro benzene ring substituents is 1. The molecule has 3 rings (SSSR count). The van der Waals surface area contributed by atoms with Crippen molar-refractivity contribution in [2.24, 2.45) is 0 Å². The Bertz CT molecular complexity index is 1010. The van der Waals surface area contributed by atoms with E-state index < -0.39 is 34.4 Å². The van der Waals surface area contributed by atoms with Crippen LogP contribution in [-0.2, 0) is 15.7 Å². The monoisotopic (exact) mass is 438 g/mol. The molecular weight excluding hydrogens is 421 g/mol. The van der Waals surface area contributed by atoms with Crippen LogP contribution in [0.25, 0.3) is 0 Å². The molecule has 0 unspecified atom stereocenters. The molecule has 1 heterocycles. The smallest absolute Gasteiger partial charge is 0.368 e. The van der Waals surface area contributed by atoms with Crippen LogP contribution in [0, 0.1) is 10.1 Å². The minimum absolute atomic E-state index is 0.104. The van der Waals surface area contributed by atoms with Crippen LogP contribution in [0.5, 0.6) is 0 Å². The second-order valence-electron chi connectivity index (χ2n) is 6.64. The van der Waals surface area contributed by atoms with Gasteiger partial charge in [-0.1, -0.05) is 6.07 Å². The van der Waals surface area contributed by atoms with Crippen molar-refractivity contribution >= 4 is 28.9 Å². The van der Waals surface area contributed by atoms with Crippen LogP contribution in [0.2, 0.25) is 0 Å². The van der Waals surface area contributed by atoms with Gasteiger partial charge >= 0.3 is 6.18 Å². The molecule has 0 spiro atoms. The number of carbonyl (C=O) groups excluding carboxylic acids is 2. The molecule has 0 bridgehead atoms. The molecule has 164 valence electrons. The minimum Gasteiger partial charge on any atom is -0.368 e. The number of anilines is 2. The number of nitrogens with one attached hydrogen (secondary N) is 3. The van der Waals surface area contributed by atoms with Gasteiger partial charge in [-0.05, 0) is 43.2 Å². The standard InChI is InChI=1S/C19H17F3N4O5/c20-19(21,22)12-6-7-14(15(10-12)26(29)30)24-25-17(27)11-3-1-4-13(9-11)23-18(28)16-5-2-8-31-16/h1,3-4,6-7,9-10,16,24H,2,5,8H2,(H,23,28)(H,25,27)/t16-/m1/s1. The van der Waals surface area contributed by atoms with Crippen molar-refractivity contribution in [1.29, 1.82) is 0 Å². The first kappa shape index (κ1) is 22.0. The lowest BCUT2D eigenvalue weighted by atomic mass is 10.1. The molecule has 1 aliphatic rings. The zero-order valence-corrected chi connectivity index (χ0v) is 15.9. The van der Waals surface area contributed by atoms with Gasteiger partial charge in [0.25, 0.3) is 17.5 Å². The van der Waals surface area contributed by atoms with E-state index in [1.165, 1.54) is 18.2 Å². The number of alkyl halides is 3. The third-order valence-electron chi connectivity index (χ3n) is 4.45. The fourth-order valence-corrected chi connectivity index (χ4v) is 2.91. The van der Waals surface area contributed by atoms with Crippen LogP contribution in [0.3, 0.4) is 0 Å². The SMILES string of the molecule is O=C(NNc1ccc(C(F)(F)F)cc1[N+](=O)[O-])c1cccc(NC(=O)[C@H]2CCCO2)c1. The Labute approximate surface area is 173 Å². The van der Waals surface area contributed by atoms with Crippen LogP contribution < -0.4 is 16.2 Å². The third-order valence-corrected chi connectivity index (χ3v) is 4.45. The van der Waals surface area contributed by atoms with Gasteiger partial charge in [0.15, 0.2) is 0 Å². The molecule has 12 heteroatoms. The van der Waals surface area contributed by atoms with E-state index in [1.54, 1.807) is 6.07 Å². The summed E-state index contributed by atoms with van der Waals surface area (Å²) < 4.78 is 43.6. The van der Waals surface area contributed by atoms with Gasteiger partial charge in [-0.15, -0.1) is 0 Å². The maximum Gasteiger partial charge on any atom is 0.416 e. The van der Waals surface area contributed by atoms with Gasteiger partial charge in [-0.2, -0.15) is 13.2 Å². The molecule has 31 heavy (non-hydrogen) atoms. The highest BCUT2D eigenvalue weighted by Gasteiger charge is 2.33. The highest BCUT2D eigenvalue weighted by atomic mass is 19.4. The Balaban J connectivity index is 1.68. The first-order valence-electron chi connectivity index (χ1n) is 9.09. The Hall–Kier alpha value is -3.67. The molecule has 3 N–H and O–H groups in total. The molecule has 1 aliphatic heterocycles. The first-order valence-corrected chi connectivity index (χ1v) is 9.09. The largest absolute Gasteiger partial charge is 0.416 e. The zero-order chi connectivity index (χ0) is 22.6. The van der Waals surface area contributed by atoms with Gasteiger partial charge in [0.2, 0.25) is 0 Å². The van der Waals surface area contributed by atoms with Crippen molar-refractivity contribution in [2.45, 2.75) is 25.1 Å². The van der Waals surface area contributed by atoms with E-state index in [-0.39, 0.29) is 17.2 Å². The van der Waals surface area contributed by atoms with Crippen LogP contribution >= 0.6 is 0 Å². The first-order chi connectivity index (χ1) is 14.6. The summed E-state index contributed by atoms with van der Waals surface area (Å²) >= 11 is 0. The van der Waals surface area contributed by atoms with Crippen molar-refractivity contribution in [3.8, 4) is 0 Å². The number of amides is 2. The molecule has 2 aromatic rings. The van der Waals surface area contributed by atoms with E-state index >= 15 is 0 Å². The molecule has 0 radical (unpaired) electrons. The number of hydrogen-bond acceptors (Lipinski definition) is 6. The molecule has 9 nitrogen and oxygen atoms in total. The number of nitro groups is 1. The molecule has 0 aliphatic carbocycles. The number of rotatable bonds is 6.